The summed E-state index contributed by atoms with van der Waals surface area (Å²) in [6.45, 7) is 4.71. The maximum atomic E-state index is 12.0. The summed E-state index contributed by atoms with van der Waals surface area (Å²) in [6.07, 6.45) is 0.809. The van der Waals surface area contributed by atoms with Crippen LogP contribution in [0.2, 0.25) is 0 Å². The van der Waals surface area contributed by atoms with Gasteiger partial charge in [0.1, 0.15) is 13.2 Å². The zero-order chi connectivity index (χ0) is 15.8. The topological polar surface area (TPSA) is 68.8 Å². The molecule has 1 aliphatic rings. The van der Waals surface area contributed by atoms with Gasteiger partial charge < -0.3 is 24.8 Å². The van der Waals surface area contributed by atoms with E-state index in [9.17, 15) is 4.79 Å². The van der Waals surface area contributed by atoms with Crippen molar-refractivity contribution in [1.82, 2.24) is 10.6 Å². The van der Waals surface area contributed by atoms with E-state index in [1.807, 2.05) is 25.1 Å². The van der Waals surface area contributed by atoms with Crippen LogP contribution < -0.4 is 20.1 Å². The fourth-order valence-corrected chi connectivity index (χ4v) is 2.32. The largest absolute Gasteiger partial charge is 0.486 e. The highest BCUT2D eigenvalue weighted by atomic mass is 35.5. The monoisotopic (exact) mass is 344 g/mol. The highest BCUT2D eigenvalue weighted by Crippen LogP contribution is 2.33. The smallest absolute Gasteiger partial charge is 0.234 e. The van der Waals surface area contributed by atoms with Crippen LogP contribution in [0.1, 0.15) is 24.9 Å². The average Bonchev–Trinajstić information content (AvgIpc) is 2.56. The van der Waals surface area contributed by atoms with E-state index in [1.165, 1.54) is 0 Å². The lowest BCUT2D eigenvalue weighted by atomic mass is 10.0. The minimum atomic E-state index is -0.0347. The second-order valence-corrected chi connectivity index (χ2v) is 5.10. The van der Waals surface area contributed by atoms with Crippen LogP contribution in [0.5, 0.6) is 11.5 Å². The number of carbonyl (C=O) groups is 1. The molecule has 7 heteroatoms. The number of amides is 1. The van der Waals surface area contributed by atoms with E-state index in [2.05, 4.69) is 10.6 Å². The molecule has 0 aliphatic carbocycles. The van der Waals surface area contributed by atoms with Gasteiger partial charge in [-0.2, -0.15) is 0 Å². The van der Waals surface area contributed by atoms with Gasteiger partial charge in [-0.25, -0.2) is 0 Å². The number of halogens is 1. The number of hydrogen-bond donors (Lipinski definition) is 2. The van der Waals surface area contributed by atoms with Crippen LogP contribution >= 0.6 is 12.4 Å². The Hall–Kier alpha value is -1.50. The normalized spacial score (nSPS) is 13.8. The van der Waals surface area contributed by atoms with E-state index in [4.69, 9.17) is 14.2 Å². The molecule has 1 atom stereocenters. The summed E-state index contributed by atoms with van der Waals surface area (Å²) in [5.41, 5.74) is 1.02. The van der Waals surface area contributed by atoms with Crippen LogP contribution in [0, 0.1) is 0 Å². The molecule has 0 aromatic heterocycles. The molecule has 0 saturated carbocycles. The molecule has 0 saturated heterocycles. The van der Waals surface area contributed by atoms with Gasteiger partial charge in [-0.15, -0.1) is 12.4 Å². The van der Waals surface area contributed by atoms with Crippen LogP contribution in [-0.2, 0) is 9.53 Å². The van der Waals surface area contributed by atoms with Gasteiger partial charge in [0.25, 0.3) is 0 Å². The van der Waals surface area contributed by atoms with Crippen molar-refractivity contribution in [3.63, 3.8) is 0 Å². The Morgan fingerprint density at radius 1 is 1.30 bits per heavy atom. The molecule has 1 amide bonds. The molecule has 1 aliphatic heterocycles. The lowest BCUT2D eigenvalue weighted by Crippen LogP contribution is -2.37. The third-order valence-electron chi connectivity index (χ3n) is 3.48. The Kier molecular flexibility index (Phi) is 8.76. The highest BCUT2D eigenvalue weighted by molar-refractivity contribution is 5.85. The van der Waals surface area contributed by atoms with Crippen molar-refractivity contribution in [2.24, 2.45) is 0 Å². The Balaban J connectivity index is 0.00000264. The Bertz CT molecular complexity index is 499. The van der Waals surface area contributed by atoms with Crippen LogP contribution in [0.25, 0.3) is 0 Å². The molecule has 1 aromatic rings. The van der Waals surface area contributed by atoms with Crippen LogP contribution in [0.3, 0.4) is 0 Å². The van der Waals surface area contributed by atoms with Gasteiger partial charge in [0, 0.05) is 13.7 Å². The molecule has 6 nitrogen and oxygen atoms in total. The molecular weight excluding hydrogens is 320 g/mol. The molecule has 23 heavy (non-hydrogen) atoms. The Morgan fingerprint density at radius 3 is 2.74 bits per heavy atom. The number of nitrogens with one attached hydrogen (secondary N) is 2. The van der Waals surface area contributed by atoms with E-state index in [-0.39, 0.29) is 30.9 Å². The highest BCUT2D eigenvalue weighted by Gasteiger charge is 2.17. The maximum Gasteiger partial charge on any atom is 0.234 e. The summed E-state index contributed by atoms with van der Waals surface area (Å²) in [5, 5.41) is 6.06. The molecule has 2 N–H and O–H groups in total. The third kappa shape index (κ3) is 5.89. The number of benzene rings is 1. The first-order valence-electron chi connectivity index (χ1n) is 7.63. The van der Waals surface area contributed by atoms with Gasteiger partial charge in [0.05, 0.1) is 19.2 Å². The van der Waals surface area contributed by atoms with E-state index in [0.717, 1.165) is 23.5 Å². The van der Waals surface area contributed by atoms with Crippen LogP contribution in [-0.4, -0.2) is 45.9 Å². The first-order chi connectivity index (χ1) is 10.7. The van der Waals surface area contributed by atoms with Crippen molar-refractivity contribution in [2.75, 3.05) is 40.0 Å². The number of hydrogen-bond acceptors (Lipinski definition) is 5. The Labute approximate surface area is 143 Å². The van der Waals surface area contributed by atoms with Crippen molar-refractivity contribution in [2.45, 2.75) is 19.4 Å². The molecule has 0 fully saturated rings. The van der Waals surface area contributed by atoms with Crippen LogP contribution in [0.4, 0.5) is 0 Å². The third-order valence-corrected chi connectivity index (χ3v) is 3.48. The van der Waals surface area contributed by atoms with E-state index < -0.39 is 0 Å². The number of carbonyl (C=O) groups excluding carboxylic acids is 1. The van der Waals surface area contributed by atoms with Crippen LogP contribution in [0.15, 0.2) is 18.2 Å². The first kappa shape index (κ1) is 19.5. The molecule has 1 aromatic carbocycles. The lowest BCUT2D eigenvalue weighted by molar-refractivity contribution is -0.121. The fraction of sp³-hybridized carbons (Fsp3) is 0.562. The zero-order valence-corrected chi connectivity index (χ0v) is 14.4. The minimum Gasteiger partial charge on any atom is -0.486 e. The van der Waals surface area contributed by atoms with E-state index in [0.29, 0.717) is 26.4 Å². The number of fused-ring (bicyclic) bond motifs is 1. The second-order valence-electron chi connectivity index (χ2n) is 5.10. The fourth-order valence-electron chi connectivity index (χ4n) is 2.32. The van der Waals surface area contributed by atoms with Gasteiger partial charge in [0.15, 0.2) is 11.5 Å². The van der Waals surface area contributed by atoms with Crippen molar-refractivity contribution >= 4 is 18.3 Å². The van der Waals surface area contributed by atoms with Crippen molar-refractivity contribution in [3.05, 3.63) is 23.8 Å². The second kappa shape index (κ2) is 10.3. The van der Waals surface area contributed by atoms with Crippen molar-refractivity contribution in [3.8, 4) is 11.5 Å². The summed E-state index contributed by atoms with van der Waals surface area (Å²) < 4.78 is 16.0. The summed E-state index contributed by atoms with van der Waals surface area (Å²) in [7, 11) is 1.64. The first-order valence-corrected chi connectivity index (χ1v) is 7.63. The molecule has 0 spiro atoms. The van der Waals surface area contributed by atoms with Gasteiger partial charge in [0.2, 0.25) is 5.91 Å². The summed E-state index contributed by atoms with van der Waals surface area (Å²) in [4.78, 5) is 12.0. The SMILES string of the molecule is CCC(NC(=O)CNCCOC)c1ccc2c(c1)OCCO2.Cl. The van der Waals surface area contributed by atoms with Crippen molar-refractivity contribution < 1.29 is 19.0 Å². The van der Waals surface area contributed by atoms with Crippen molar-refractivity contribution in [1.29, 1.82) is 0 Å². The van der Waals surface area contributed by atoms with E-state index in [1.54, 1.807) is 7.11 Å². The molecular formula is C16H25ClN2O4. The quantitative estimate of drug-likeness (QED) is 0.702. The number of ether oxygens (including phenoxy) is 3. The number of methoxy groups -OCH3 is 1. The molecule has 130 valence electrons. The molecule has 0 radical (unpaired) electrons. The standard InChI is InChI=1S/C16H24N2O4.ClH/c1-3-13(18-16(19)11-17-6-7-20-2)12-4-5-14-15(10-12)22-9-8-21-14;/h4-5,10,13,17H,3,6-9,11H2,1-2H3,(H,18,19);1H. The predicted molar refractivity (Wildman–Crippen MR) is 90.6 cm³/mol. The van der Waals surface area contributed by atoms with Gasteiger partial charge in [-0.3, -0.25) is 4.79 Å². The van der Waals surface area contributed by atoms with Gasteiger partial charge in [-0.1, -0.05) is 13.0 Å². The Morgan fingerprint density at radius 2 is 2.04 bits per heavy atom. The average molecular weight is 345 g/mol. The molecule has 1 heterocycles. The molecule has 2 rings (SSSR count). The minimum absolute atomic E-state index is 0. The maximum absolute atomic E-state index is 12.0. The summed E-state index contributed by atoms with van der Waals surface area (Å²) in [5.74, 6) is 1.48. The summed E-state index contributed by atoms with van der Waals surface area (Å²) >= 11 is 0. The number of rotatable bonds is 8. The van der Waals surface area contributed by atoms with Gasteiger partial charge >= 0.3 is 0 Å². The predicted octanol–water partition coefficient (Wildman–Crippen LogP) is 1.68. The summed E-state index contributed by atoms with van der Waals surface area (Å²) in [6, 6.07) is 5.78. The zero-order valence-electron chi connectivity index (χ0n) is 13.6. The lowest BCUT2D eigenvalue weighted by Gasteiger charge is -2.22. The molecule has 0 bridgehead atoms. The molecule has 1 unspecified atom stereocenters. The van der Waals surface area contributed by atoms with Gasteiger partial charge in [-0.05, 0) is 24.1 Å². The van der Waals surface area contributed by atoms with E-state index >= 15 is 0 Å².